The first-order valence-corrected chi connectivity index (χ1v) is 15.6. The van der Waals surface area contributed by atoms with Crippen LogP contribution in [0.2, 0.25) is 5.15 Å². The number of hydrogen-bond acceptors (Lipinski definition) is 7. The molecule has 1 unspecified atom stereocenters. The third-order valence-electron chi connectivity index (χ3n) is 10.3. The predicted molar refractivity (Wildman–Crippen MR) is 164 cm³/mol. The molecule has 6 atom stereocenters. The van der Waals surface area contributed by atoms with Crippen LogP contribution in [-0.2, 0) is 25.4 Å². The topological polar surface area (TPSA) is 111 Å². The van der Waals surface area contributed by atoms with Gasteiger partial charge in [0.25, 0.3) is 11.8 Å². The molecule has 1 aromatic heterocycles. The van der Waals surface area contributed by atoms with E-state index < -0.39 is 12.7 Å². The van der Waals surface area contributed by atoms with E-state index in [2.05, 4.69) is 55.4 Å². The molecule has 1 aromatic carbocycles. The summed E-state index contributed by atoms with van der Waals surface area (Å²) in [5.74, 6) is 0.0463. The first kappa shape index (κ1) is 30.1. The molecule has 11 heteroatoms. The Hall–Kier alpha value is -2.95. The normalized spacial score (nSPS) is 31.0. The highest BCUT2D eigenvalue weighted by Crippen LogP contribution is 2.65. The van der Waals surface area contributed by atoms with Gasteiger partial charge in [0, 0.05) is 12.8 Å². The van der Waals surface area contributed by atoms with E-state index in [0.29, 0.717) is 24.0 Å². The second-order valence-electron chi connectivity index (χ2n) is 13.7. The molecule has 2 N–H and O–H groups in total. The minimum Gasteiger partial charge on any atom is -0.404 e. The van der Waals surface area contributed by atoms with Crippen LogP contribution in [-0.4, -0.2) is 59.4 Å². The average molecular weight is 607 g/mol. The van der Waals surface area contributed by atoms with Crippen molar-refractivity contribution in [2.24, 2.45) is 28.3 Å². The lowest BCUT2D eigenvalue weighted by Gasteiger charge is -2.64. The summed E-state index contributed by atoms with van der Waals surface area (Å²) in [6.45, 7) is 11.1. The number of aromatic nitrogens is 1. The van der Waals surface area contributed by atoms with E-state index in [1.807, 2.05) is 30.3 Å². The van der Waals surface area contributed by atoms with Crippen molar-refractivity contribution in [3.63, 3.8) is 0 Å². The second-order valence-corrected chi connectivity index (χ2v) is 14.1. The molecule has 1 saturated heterocycles. The summed E-state index contributed by atoms with van der Waals surface area (Å²) in [5, 5.41) is 10.6. The monoisotopic (exact) mass is 606 g/mol. The Morgan fingerprint density at radius 1 is 1.09 bits per heavy atom. The van der Waals surface area contributed by atoms with Crippen LogP contribution in [0.4, 0.5) is 0 Å². The van der Waals surface area contributed by atoms with Gasteiger partial charge >= 0.3 is 7.12 Å². The summed E-state index contributed by atoms with van der Waals surface area (Å²) in [4.78, 5) is 36.9. The summed E-state index contributed by atoms with van der Waals surface area (Å²) in [6, 6.07) is 14.6. The van der Waals surface area contributed by atoms with Gasteiger partial charge in [0.05, 0.1) is 29.9 Å². The number of nitrogens with zero attached hydrogens (tertiary/aromatic N) is 2. The molecule has 7 rings (SSSR count). The highest BCUT2D eigenvalue weighted by molar-refractivity contribution is 6.48. The Labute approximate surface area is 258 Å². The van der Waals surface area contributed by atoms with Crippen LogP contribution in [0.5, 0.6) is 0 Å². The highest BCUT2D eigenvalue weighted by atomic mass is 35.5. The van der Waals surface area contributed by atoms with Crippen molar-refractivity contribution in [2.45, 2.75) is 83.5 Å². The zero-order chi connectivity index (χ0) is 30.6. The number of benzene rings is 1. The maximum Gasteiger partial charge on any atom is 0.481 e. The first-order chi connectivity index (χ1) is 20.4. The van der Waals surface area contributed by atoms with E-state index in [1.54, 1.807) is 18.2 Å². The largest absolute Gasteiger partial charge is 0.481 e. The van der Waals surface area contributed by atoms with Gasteiger partial charge in [0.15, 0.2) is 0 Å². The van der Waals surface area contributed by atoms with Crippen molar-refractivity contribution < 1.29 is 23.7 Å². The van der Waals surface area contributed by atoms with Crippen molar-refractivity contribution in [1.82, 2.24) is 15.6 Å². The Bertz CT molecular complexity index is 1420. The molecule has 2 aliphatic heterocycles. The molecule has 3 saturated carbocycles. The second kappa shape index (κ2) is 11.2. The number of carbonyl (C=O) groups excluding carboxylic acids is 2. The fourth-order valence-corrected chi connectivity index (χ4v) is 7.72. The van der Waals surface area contributed by atoms with E-state index in [9.17, 15) is 9.59 Å². The molecular weight excluding hydrogens is 567 g/mol. The van der Waals surface area contributed by atoms with E-state index >= 15 is 0 Å². The molecule has 43 heavy (non-hydrogen) atoms. The first-order valence-electron chi connectivity index (χ1n) is 15.2. The summed E-state index contributed by atoms with van der Waals surface area (Å²) >= 11 is 5.94. The lowest BCUT2D eigenvalue weighted by atomic mass is 9.43. The third kappa shape index (κ3) is 5.47. The van der Waals surface area contributed by atoms with Gasteiger partial charge in [0.1, 0.15) is 10.8 Å². The van der Waals surface area contributed by atoms with Gasteiger partial charge in [-0.05, 0) is 60.6 Å². The Morgan fingerprint density at radius 2 is 1.86 bits per heavy atom. The number of halogens is 1. The van der Waals surface area contributed by atoms with Crippen molar-refractivity contribution in [1.29, 1.82) is 0 Å². The van der Waals surface area contributed by atoms with E-state index in [1.165, 1.54) is 0 Å². The number of pyridine rings is 1. The molecule has 3 aliphatic carbocycles. The zero-order valence-electron chi connectivity index (χ0n) is 25.4. The zero-order valence-corrected chi connectivity index (χ0v) is 26.2. The van der Waals surface area contributed by atoms with Crippen molar-refractivity contribution >= 4 is 36.2 Å². The molecule has 0 spiro atoms. The van der Waals surface area contributed by atoms with Crippen LogP contribution in [0.15, 0.2) is 53.7 Å². The fraction of sp³-hybridized carbons (Fsp3) is 0.562. The summed E-state index contributed by atoms with van der Waals surface area (Å²) in [6.07, 6.45) is 2.68. The van der Waals surface area contributed by atoms with E-state index in [4.69, 9.17) is 25.7 Å². The van der Waals surface area contributed by atoms with Crippen LogP contribution in [0.25, 0.3) is 0 Å². The molecule has 3 heterocycles. The van der Waals surface area contributed by atoms with Gasteiger partial charge in [-0.2, -0.15) is 0 Å². The van der Waals surface area contributed by atoms with Crippen LogP contribution in [0.3, 0.4) is 0 Å². The smallest absolute Gasteiger partial charge is 0.404 e. The SMILES string of the molecule is CC(C)[C@H](NC(=O)C1(Cc2ccccc2)CC(CNC(=O)c2cccc(Cl)n2)=NO1)B1O[C@@H]2C[C@@H]3C[C@@H](C3(C)C)[C@]2(C)O1. The van der Waals surface area contributed by atoms with Crippen molar-refractivity contribution in [3.8, 4) is 0 Å². The fourth-order valence-electron chi connectivity index (χ4n) is 7.55. The number of carbonyl (C=O) groups is 2. The van der Waals surface area contributed by atoms with Crippen molar-refractivity contribution in [2.75, 3.05) is 6.54 Å². The van der Waals surface area contributed by atoms with Gasteiger partial charge in [0.2, 0.25) is 5.60 Å². The summed E-state index contributed by atoms with van der Waals surface area (Å²) in [5.41, 5.74) is 0.253. The van der Waals surface area contributed by atoms with Crippen LogP contribution < -0.4 is 10.6 Å². The van der Waals surface area contributed by atoms with Gasteiger partial charge < -0.3 is 24.8 Å². The molecule has 2 amide bonds. The molecule has 2 aromatic rings. The number of oxime groups is 1. The molecular formula is C32H40BClN4O5. The number of rotatable bonds is 9. The Morgan fingerprint density at radius 3 is 2.56 bits per heavy atom. The van der Waals surface area contributed by atoms with Crippen molar-refractivity contribution in [3.05, 3.63) is 64.9 Å². The summed E-state index contributed by atoms with van der Waals surface area (Å²) in [7, 11) is -0.561. The Balaban J connectivity index is 1.17. The highest BCUT2D eigenvalue weighted by Gasteiger charge is 2.68. The van der Waals surface area contributed by atoms with Crippen LogP contribution >= 0.6 is 11.6 Å². The maximum absolute atomic E-state index is 14.2. The molecule has 0 radical (unpaired) electrons. The van der Waals surface area contributed by atoms with Crippen LogP contribution in [0.1, 0.15) is 69.9 Å². The maximum atomic E-state index is 14.2. The quantitative estimate of drug-likeness (QED) is 0.318. The van der Waals surface area contributed by atoms with Gasteiger partial charge in [-0.1, -0.05) is 80.8 Å². The molecule has 4 fully saturated rings. The van der Waals surface area contributed by atoms with E-state index in [-0.39, 0.29) is 64.6 Å². The standard InChI is InChI=1S/C32H40BClN4O5/c1-19(2)27(33-41-25-15-21-14-24(30(21,3)4)31(25,5)42-33)37-29(40)32(16-20-10-7-6-8-11-20)17-22(38-43-32)18-35-28(39)23-12-9-13-26(34)36-23/h6-13,19,21,24-25,27H,14-18H2,1-5H3,(H,35,39)(H,37,40)/t21-,24-,25+,27-,31-,32?/m0/s1. The molecule has 5 aliphatic rings. The third-order valence-corrected chi connectivity index (χ3v) is 10.5. The van der Waals surface area contributed by atoms with Gasteiger partial charge in [-0.25, -0.2) is 4.98 Å². The molecule has 9 nitrogen and oxygen atoms in total. The van der Waals surface area contributed by atoms with E-state index in [0.717, 1.165) is 18.4 Å². The number of nitrogens with one attached hydrogen (secondary N) is 2. The molecule has 228 valence electrons. The average Bonchev–Trinajstić information content (AvgIpc) is 3.55. The Kier molecular flexibility index (Phi) is 7.84. The number of amides is 2. The lowest BCUT2D eigenvalue weighted by molar-refractivity contribution is -0.199. The van der Waals surface area contributed by atoms with Gasteiger partial charge in [-0.3, -0.25) is 9.59 Å². The predicted octanol–water partition coefficient (Wildman–Crippen LogP) is 4.63. The molecule has 2 bridgehead atoms. The minimum absolute atomic E-state index is 0.0148. The minimum atomic E-state index is -1.29. The van der Waals surface area contributed by atoms with Crippen LogP contribution in [0, 0.1) is 23.2 Å². The summed E-state index contributed by atoms with van der Waals surface area (Å²) < 4.78 is 13.3. The lowest BCUT2D eigenvalue weighted by Crippen LogP contribution is -2.65. The van der Waals surface area contributed by atoms with Gasteiger partial charge in [-0.15, -0.1) is 0 Å². The number of hydrogen-bond donors (Lipinski definition) is 2.